The second-order valence-electron chi connectivity index (χ2n) is 5.36. The molecule has 2 aromatic rings. The van der Waals surface area contributed by atoms with E-state index in [1.54, 1.807) is 6.07 Å². The predicted molar refractivity (Wildman–Crippen MR) is 87.1 cm³/mol. The first-order valence-corrected chi connectivity index (χ1v) is 7.85. The summed E-state index contributed by atoms with van der Waals surface area (Å²) in [5, 5.41) is 1.10. The van der Waals surface area contributed by atoms with Crippen molar-refractivity contribution in [1.29, 1.82) is 0 Å². The summed E-state index contributed by atoms with van der Waals surface area (Å²) in [4.78, 5) is 0. The number of aryl methyl sites for hydroxylation is 1. The molecular weight excluding hydrogens is 305 g/mol. The number of ether oxygens (including phenoxy) is 1. The molecule has 3 rings (SSSR count). The molecule has 0 bridgehead atoms. The number of halogens is 2. The van der Waals surface area contributed by atoms with Crippen molar-refractivity contribution in [3.8, 4) is 5.75 Å². The number of fused-ring (bicyclic) bond motifs is 1. The van der Waals surface area contributed by atoms with Crippen LogP contribution in [0.4, 0.5) is 0 Å². The Bertz CT molecular complexity index is 657. The van der Waals surface area contributed by atoms with Crippen molar-refractivity contribution in [2.45, 2.75) is 31.9 Å². The average Bonchev–Trinajstić information content (AvgIpc) is 2.49. The molecule has 1 atom stereocenters. The van der Waals surface area contributed by atoms with Crippen LogP contribution < -0.4 is 10.5 Å². The van der Waals surface area contributed by atoms with Crippen LogP contribution in [-0.4, -0.2) is 0 Å². The number of hydrogen-bond donors (Lipinski definition) is 1. The fourth-order valence-electron chi connectivity index (χ4n) is 2.72. The zero-order chi connectivity index (χ0) is 14.8. The van der Waals surface area contributed by atoms with E-state index in [9.17, 15) is 0 Å². The fourth-order valence-corrected chi connectivity index (χ4v) is 3.10. The molecule has 0 saturated heterocycles. The third kappa shape index (κ3) is 3.18. The van der Waals surface area contributed by atoms with Gasteiger partial charge < -0.3 is 10.5 Å². The van der Waals surface area contributed by atoms with Gasteiger partial charge in [0, 0.05) is 11.6 Å². The van der Waals surface area contributed by atoms with Crippen LogP contribution in [0.5, 0.6) is 5.75 Å². The minimum absolute atomic E-state index is 0.118. The second-order valence-corrected chi connectivity index (χ2v) is 6.15. The molecule has 1 aliphatic rings. The zero-order valence-corrected chi connectivity index (χ0v) is 13.1. The summed E-state index contributed by atoms with van der Waals surface area (Å²) in [7, 11) is 0. The standard InChI is InChI=1S/C17H17Cl2NO/c18-15-5-1-4-12(17(15)19)10-21-13-8-7-11-3-2-6-16(20)14(11)9-13/h1,4-5,7-9,16H,2-3,6,10,20H2/t16-/m1/s1. The summed E-state index contributed by atoms with van der Waals surface area (Å²) in [5.41, 5.74) is 9.59. The molecule has 110 valence electrons. The minimum Gasteiger partial charge on any atom is -0.489 e. The lowest BCUT2D eigenvalue weighted by Crippen LogP contribution is -2.17. The molecular formula is C17H17Cl2NO. The first-order valence-electron chi connectivity index (χ1n) is 7.09. The van der Waals surface area contributed by atoms with Crippen molar-refractivity contribution in [3.05, 3.63) is 63.1 Å². The van der Waals surface area contributed by atoms with Crippen LogP contribution in [0.2, 0.25) is 10.0 Å². The lowest BCUT2D eigenvalue weighted by molar-refractivity contribution is 0.305. The third-order valence-corrected chi connectivity index (χ3v) is 4.76. The highest BCUT2D eigenvalue weighted by molar-refractivity contribution is 6.42. The lowest BCUT2D eigenvalue weighted by Gasteiger charge is -2.22. The molecule has 2 aromatic carbocycles. The Hall–Kier alpha value is -1.22. The van der Waals surface area contributed by atoms with Gasteiger partial charge in [0.25, 0.3) is 0 Å². The second kappa shape index (κ2) is 6.27. The molecule has 0 heterocycles. The maximum absolute atomic E-state index is 6.17. The maximum Gasteiger partial charge on any atom is 0.120 e. The molecule has 0 saturated carbocycles. The van der Waals surface area contributed by atoms with Crippen molar-refractivity contribution < 1.29 is 4.74 Å². The van der Waals surface area contributed by atoms with E-state index in [0.29, 0.717) is 16.7 Å². The van der Waals surface area contributed by atoms with E-state index in [-0.39, 0.29) is 6.04 Å². The van der Waals surface area contributed by atoms with Gasteiger partial charge in [0.15, 0.2) is 0 Å². The maximum atomic E-state index is 6.17. The van der Waals surface area contributed by atoms with Gasteiger partial charge in [-0.05, 0) is 48.6 Å². The Morgan fingerprint density at radius 2 is 2.05 bits per heavy atom. The summed E-state index contributed by atoms with van der Waals surface area (Å²) < 4.78 is 5.84. The summed E-state index contributed by atoms with van der Waals surface area (Å²) in [6.45, 7) is 0.396. The van der Waals surface area contributed by atoms with Crippen LogP contribution in [0, 0.1) is 0 Å². The smallest absolute Gasteiger partial charge is 0.120 e. The van der Waals surface area contributed by atoms with Gasteiger partial charge in [-0.3, -0.25) is 0 Å². The number of benzene rings is 2. The molecule has 21 heavy (non-hydrogen) atoms. The first-order chi connectivity index (χ1) is 10.1. The quantitative estimate of drug-likeness (QED) is 0.871. The highest BCUT2D eigenvalue weighted by atomic mass is 35.5. The normalized spacial score (nSPS) is 17.4. The molecule has 0 amide bonds. The van der Waals surface area contributed by atoms with Crippen LogP contribution in [0.25, 0.3) is 0 Å². The van der Waals surface area contributed by atoms with Gasteiger partial charge in [0.05, 0.1) is 10.0 Å². The van der Waals surface area contributed by atoms with Gasteiger partial charge in [-0.15, -0.1) is 0 Å². The summed E-state index contributed by atoms with van der Waals surface area (Å²) >= 11 is 12.2. The molecule has 0 aromatic heterocycles. The number of rotatable bonds is 3. The van der Waals surface area contributed by atoms with Gasteiger partial charge in [-0.25, -0.2) is 0 Å². The molecule has 0 unspecified atom stereocenters. The van der Waals surface area contributed by atoms with E-state index in [1.807, 2.05) is 18.2 Å². The van der Waals surface area contributed by atoms with E-state index in [2.05, 4.69) is 12.1 Å². The van der Waals surface area contributed by atoms with Crippen LogP contribution in [0.1, 0.15) is 35.6 Å². The van der Waals surface area contributed by atoms with E-state index in [0.717, 1.165) is 30.6 Å². The summed E-state index contributed by atoms with van der Waals surface area (Å²) in [6.07, 6.45) is 3.30. The van der Waals surface area contributed by atoms with E-state index in [1.165, 1.54) is 11.1 Å². The third-order valence-electron chi connectivity index (χ3n) is 3.90. The van der Waals surface area contributed by atoms with E-state index in [4.69, 9.17) is 33.7 Å². The SMILES string of the molecule is N[C@@H]1CCCc2ccc(OCc3cccc(Cl)c3Cl)cc21. The van der Waals surface area contributed by atoms with Gasteiger partial charge in [0.2, 0.25) is 0 Å². The Morgan fingerprint density at radius 1 is 1.19 bits per heavy atom. The van der Waals surface area contributed by atoms with Gasteiger partial charge >= 0.3 is 0 Å². The molecule has 1 aliphatic carbocycles. The largest absolute Gasteiger partial charge is 0.489 e. The highest BCUT2D eigenvalue weighted by Gasteiger charge is 2.17. The Kier molecular flexibility index (Phi) is 4.39. The highest BCUT2D eigenvalue weighted by Crippen LogP contribution is 2.32. The molecule has 2 N–H and O–H groups in total. The molecule has 0 radical (unpaired) electrons. The van der Waals surface area contributed by atoms with E-state index >= 15 is 0 Å². The number of hydrogen-bond acceptors (Lipinski definition) is 2. The first kappa shape index (κ1) is 14.7. The summed E-state index contributed by atoms with van der Waals surface area (Å²) in [6, 6.07) is 11.8. The molecule has 4 heteroatoms. The van der Waals surface area contributed by atoms with Crippen molar-refractivity contribution in [3.63, 3.8) is 0 Å². The number of nitrogens with two attached hydrogens (primary N) is 1. The van der Waals surface area contributed by atoms with Gasteiger partial charge in [0.1, 0.15) is 12.4 Å². The monoisotopic (exact) mass is 321 g/mol. The Balaban J connectivity index is 1.77. The van der Waals surface area contributed by atoms with Gasteiger partial charge in [-0.1, -0.05) is 41.4 Å². The van der Waals surface area contributed by atoms with Crippen LogP contribution in [0.3, 0.4) is 0 Å². The lowest BCUT2D eigenvalue weighted by atomic mass is 9.88. The van der Waals surface area contributed by atoms with Crippen molar-refractivity contribution in [2.75, 3.05) is 0 Å². The van der Waals surface area contributed by atoms with Crippen molar-refractivity contribution in [1.82, 2.24) is 0 Å². The van der Waals surface area contributed by atoms with Crippen molar-refractivity contribution >= 4 is 23.2 Å². The molecule has 0 aliphatic heterocycles. The van der Waals surface area contributed by atoms with Crippen molar-refractivity contribution in [2.24, 2.45) is 5.73 Å². The van der Waals surface area contributed by atoms with Crippen LogP contribution >= 0.6 is 23.2 Å². The van der Waals surface area contributed by atoms with Crippen LogP contribution in [0.15, 0.2) is 36.4 Å². The zero-order valence-electron chi connectivity index (χ0n) is 11.6. The molecule has 0 fully saturated rings. The van der Waals surface area contributed by atoms with E-state index < -0.39 is 0 Å². The molecule has 0 spiro atoms. The Morgan fingerprint density at radius 3 is 2.90 bits per heavy atom. The predicted octanol–water partition coefficient (Wildman–Crippen LogP) is 4.91. The van der Waals surface area contributed by atoms with Crippen LogP contribution in [-0.2, 0) is 13.0 Å². The van der Waals surface area contributed by atoms with Gasteiger partial charge in [-0.2, -0.15) is 0 Å². The average molecular weight is 322 g/mol. The minimum atomic E-state index is 0.118. The summed E-state index contributed by atoms with van der Waals surface area (Å²) in [5.74, 6) is 0.821. The fraction of sp³-hybridized carbons (Fsp3) is 0.294. The molecule has 2 nitrogen and oxygen atoms in total. The Labute approximate surface area is 134 Å². The topological polar surface area (TPSA) is 35.2 Å².